The fraction of sp³-hybridized carbons (Fsp3) is 0.562. The van der Waals surface area contributed by atoms with E-state index >= 15 is 0 Å². The molecule has 2 saturated heterocycles. The molecule has 0 radical (unpaired) electrons. The maximum absolute atomic E-state index is 14.4. The van der Waals surface area contributed by atoms with Crippen molar-refractivity contribution in [1.29, 1.82) is 5.26 Å². The molecule has 1 amide bonds. The van der Waals surface area contributed by atoms with E-state index < -0.39 is 17.2 Å². The minimum atomic E-state index is -0.780. The van der Waals surface area contributed by atoms with Crippen molar-refractivity contribution in [3.05, 3.63) is 53.8 Å². The molecule has 0 spiro atoms. The lowest BCUT2D eigenvalue weighted by atomic mass is 9.88. The van der Waals surface area contributed by atoms with Crippen LogP contribution in [0, 0.1) is 17.1 Å². The number of nitrogens with zero attached hydrogens (tertiary/aromatic N) is 3. The number of piperidine rings is 2. The summed E-state index contributed by atoms with van der Waals surface area (Å²) in [7, 11) is 0. The number of anilines is 2. The molecule has 9 heteroatoms. The minimum absolute atomic E-state index is 0.0189. The van der Waals surface area contributed by atoms with Gasteiger partial charge in [-0.1, -0.05) is 12.1 Å². The molecule has 4 rings (SSSR count). The van der Waals surface area contributed by atoms with Crippen LogP contribution in [-0.4, -0.2) is 60.5 Å². The molecule has 41 heavy (non-hydrogen) atoms. The third-order valence-electron chi connectivity index (χ3n) is 7.49. The van der Waals surface area contributed by atoms with Gasteiger partial charge in [0, 0.05) is 38.8 Å². The molecular weight excluding hydrogens is 521 g/mol. The topological polar surface area (TPSA) is 89.9 Å². The lowest BCUT2D eigenvalue weighted by molar-refractivity contribution is 0.0497. The second kappa shape index (κ2) is 13.0. The summed E-state index contributed by atoms with van der Waals surface area (Å²) in [6.07, 6.45) is 2.47. The first-order valence-electron chi connectivity index (χ1n) is 14.6. The smallest absolute Gasteiger partial charge is 0.407 e. The van der Waals surface area contributed by atoms with Gasteiger partial charge in [-0.05, 0) is 96.2 Å². The molecule has 2 heterocycles. The highest BCUT2D eigenvalue weighted by Crippen LogP contribution is 2.35. The Bertz CT molecular complexity index is 1220. The van der Waals surface area contributed by atoms with Crippen molar-refractivity contribution in [3.8, 4) is 11.8 Å². The van der Waals surface area contributed by atoms with Gasteiger partial charge in [0.15, 0.2) is 0 Å². The Balaban J connectivity index is 1.37. The van der Waals surface area contributed by atoms with E-state index in [1.165, 1.54) is 17.7 Å². The van der Waals surface area contributed by atoms with Gasteiger partial charge in [0.2, 0.25) is 0 Å². The third kappa shape index (κ3) is 8.74. The number of carbonyl (C=O) groups is 1. The summed E-state index contributed by atoms with van der Waals surface area (Å²) in [5, 5.41) is 16.7. The number of hydrogen-bond donors (Lipinski definition) is 2. The summed E-state index contributed by atoms with van der Waals surface area (Å²) in [4.78, 5) is 16.7. The van der Waals surface area contributed by atoms with Crippen molar-refractivity contribution in [3.63, 3.8) is 0 Å². The Morgan fingerprint density at radius 2 is 1.83 bits per heavy atom. The third-order valence-corrected chi connectivity index (χ3v) is 7.49. The Morgan fingerprint density at radius 3 is 2.46 bits per heavy atom. The van der Waals surface area contributed by atoms with Crippen LogP contribution in [0.25, 0.3) is 0 Å². The molecule has 0 aliphatic carbocycles. The average Bonchev–Trinajstić information content (AvgIpc) is 2.89. The van der Waals surface area contributed by atoms with Crippen molar-refractivity contribution < 1.29 is 18.7 Å². The number of alkyl carbamates (subject to hydrolysis) is 1. The fourth-order valence-electron chi connectivity index (χ4n) is 5.49. The molecule has 0 aromatic heterocycles. The standard InChI is InChI=1S/C32H44FN5O3/c1-23(2)40-27-8-6-7-24(19-27)21-37-17-13-32(22-34,14-18-37)36-28-20-25(33)9-10-29(28)38-15-11-26(12-16-38)35-30(39)41-31(3,4)5/h6-10,19-20,23,26,36H,11-18,21H2,1-5H3,(H,35,39). The number of ether oxygens (including phenoxy) is 2. The zero-order chi connectivity index (χ0) is 29.6. The first-order valence-corrected chi connectivity index (χ1v) is 14.6. The van der Waals surface area contributed by atoms with Crippen LogP contribution in [0.15, 0.2) is 42.5 Å². The van der Waals surface area contributed by atoms with Gasteiger partial charge in [0.25, 0.3) is 0 Å². The van der Waals surface area contributed by atoms with Gasteiger partial charge in [-0.15, -0.1) is 0 Å². The molecule has 2 N–H and O–H groups in total. The second-order valence-corrected chi connectivity index (χ2v) is 12.5. The molecule has 8 nitrogen and oxygen atoms in total. The number of halogens is 1. The SMILES string of the molecule is CC(C)Oc1cccc(CN2CCC(C#N)(Nc3cc(F)ccc3N3CCC(NC(=O)OC(C)(C)C)CC3)CC2)c1. The van der Waals surface area contributed by atoms with E-state index in [0.717, 1.165) is 43.9 Å². The quantitative estimate of drug-likeness (QED) is 0.401. The predicted octanol–water partition coefficient (Wildman–Crippen LogP) is 6.08. The number of benzene rings is 2. The number of amides is 1. The Labute approximate surface area is 243 Å². The normalized spacial score (nSPS) is 18.0. The molecule has 2 aliphatic heterocycles. The molecular formula is C32H44FN5O3. The zero-order valence-corrected chi connectivity index (χ0v) is 25.0. The molecule has 2 aromatic rings. The predicted molar refractivity (Wildman–Crippen MR) is 160 cm³/mol. The maximum Gasteiger partial charge on any atom is 0.407 e. The average molecular weight is 566 g/mol. The van der Waals surface area contributed by atoms with Crippen LogP contribution < -0.4 is 20.3 Å². The number of nitrogens with one attached hydrogen (secondary N) is 2. The number of rotatable bonds is 8. The second-order valence-electron chi connectivity index (χ2n) is 12.5. The minimum Gasteiger partial charge on any atom is -0.491 e. The summed E-state index contributed by atoms with van der Waals surface area (Å²) in [6.45, 7) is 13.3. The van der Waals surface area contributed by atoms with Crippen molar-refractivity contribution in [2.24, 2.45) is 0 Å². The van der Waals surface area contributed by atoms with E-state index in [1.54, 1.807) is 6.07 Å². The highest BCUT2D eigenvalue weighted by molar-refractivity contribution is 5.72. The monoisotopic (exact) mass is 565 g/mol. The Morgan fingerprint density at radius 1 is 1.12 bits per heavy atom. The van der Waals surface area contributed by atoms with Crippen LogP contribution in [0.3, 0.4) is 0 Å². The van der Waals surface area contributed by atoms with Crippen LogP contribution in [-0.2, 0) is 11.3 Å². The van der Waals surface area contributed by atoms with Crippen LogP contribution in [0.5, 0.6) is 5.75 Å². The molecule has 0 bridgehead atoms. The zero-order valence-electron chi connectivity index (χ0n) is 25.0. The van der Waals surface area contributed by atoms with E-state index in [0.29, 0.717) is 31.6 Å². The summed E-state index contributed by atoms with van der Waals surface area (Å²) < 4.78 is 25.7. The van der Waals surface area contributed by atoms with Crippen LogP contribution in [0.4, 0.5) is 20.6 Å². The summed E-state index contributed by atoms with van der Waals surface area (Å²) in [5.41, 5.74) is 1.37. The van der Waals surface area contributed by atoms with Gasteiger partial charge in [0.1, 0.15) is 22.7 Å². The van der Waals surface area contributed by atoms with E-state index in [2.05, 4.69) is 38.6 Å². The first-order chi connectivity index (χ1) is 19.4. The van der Waals surface area contributed by atoms with Gasteiger partial charge in [-0.2, -0.15) is 5.26 Å². The molecule has 2 aliphatic rings. The van der Waals surface area contributed by atoms with E-state index in [-0.39, 0.29) is 18.0 Å². The van der Waals surface area contributed by atoms with Gasteiger partial charge < -0.3 is 25.0 Å². The summed E-state index contributed by atoms with van der Waals surface area (Å²) in [6, 6.07) is 15.4. The molecule has 2 fully saturated rings. The van der Waals surface area contributed by atoms with Crippen molar-refractivity contribution >= 4 is 17.5 Å². The van der Waals surface area contributed by atoms with E-state index in [9.17, 15) is 14.4 Å². The Kier molecular flexibility index (Phi) is 9.64. The molecule has 0 atom stereocenters. The van der Waals surface area contributed by atoms with Crippen molar-refractivity contribution in [2.45, 2.75) is 90.1 Å². The van der Waals surface area contributed by atoms with E-state index in [1.807, 2.05) is 46.8 Å². The largest absolute Gasteiger partial charge is 0.491 e. The Hall–Kier alpha value is -3.51. The lowest BCUT2D eigenvalue weighted by Gasteiger charge is -2.40. The highest BCUT2D eigenvalue weighted by atomic mass is 19.1. The summed E-state index contributed by atoms with van der Waals surface area (Å²) >= 11 is 0. The van der Waals surface area contributed by atoms with Gasteiger partial charge in [0.05, 0.1) is 23.5 Å². The molecule has 0 saturated carbocycles. The fourth-order valence-corrected chi connectivity index (χ4v) is 5.49. The summed E-state index contributed by atoms with van der Waals surface area (Å²) in [5.74, 6) is 0.526. The van der Waals surface area contributed by atoms with Gasteiger partial charge >= 0.3 is 6.09 Å². The van der Waals surface area contributed by atoms with Crippen LogP contribution in [0.1, 0.15) is 65.9 Å². The number of carbonyl (C=O) groups excluding carboxylic acids is 1. The first kappa shape index (κ1) is 30.4. The molecule has 2 aromatic carbocycles. The number of likely N-dealkylation sites (tertiary alicyclic amines) is 1. The molecule has 0 unspecified atom stereocenters. The lowest BCUT2D eigenvalue weighted by Crippen LogP contribution is -2.49. The van der Waals surface area contributed by atoms with Crippen molar-refractivity contribution in [2.75, 3.05) is 36.4 Å². The molecule has 222 valence electrons. The van der Waals surface area contributed by atoms with Crippen LogP contribution >= 0.6 is 0 Å². The maximum atomic E-state index is 14.4. The number of nitriles is 1. The van der Waals surface area contributed by atoms with Gasteiger partial charge in [-0.3, -0.25) is 4.90 Å². The van der Waals surface area contributed by atoms with Crippen molar-refractivity contribution in [1.82, 2.24) is 10.2 Å². The number of hydrogen-bond acceptors (Lipinski definition) is 7. The van der Waals surface area contributed by atoms with E-state index in [4.69, 9.17) is 9.47 Å². The van der Waals surface area contributed by atoms with Gasteiger partial charge in [-0.25, -0.2) is 9.18 Å². The highest BCUT2D eigenvalue weighted by Gasteiger charge is 2.36. The van der Waals surface area contributed by atoms with Crippen LogP contribution in [0.2, 0.25) is 0 Å².